The van der Waals surface area contributed by atoms with E-state index in [0.29, 0.717) is 21.8 Å². The number of hydrogen-bond acceptors (Lipinski definition) is 5. The van der Waals surface area contributed by atoms with Gasteiger partial charge in [0.2, 0.25) is 5.91 Å². The second kappa shape index (κ2) is 9.05. The average Bonchev–Trinajstić information content (AvgIpc) is 2.73. The lowest BCUT2D eigenvalue weighted by Gasteiger charge is -2.18. The van der Waals surface area contributed by atoms with Crippen molar-refractivity contribution in [1.29, 1.82) is 0 Å². The Morgan fingerprint density at radius 1 is 1.19 bits per heavy atom. The fraction of sp³-hybridized carbons (Fsp3) is 0.238. The number of ether oxygens (including phenoxy) is 1. The van der Waals surface area contributed by atoms with E-state index in [1.807, 2.05) is 0 Å². The lowest BCUT2D eigenvalue weighted by molar-refractivity contribution is -0.116. The first kappa shape index (κ1) is 22.1. The molecule has 0 bridgehead atoms. The molecule has 0 spiro atoms. The maximum Gasteiger partial charge on any atom is 0.328 e. The van der Waals surface area contributed by atoms with Crippen LogP contribution in [0, 0.1) is 0 Å². The summed E-state index contributed by atoms with van der Waals surface area (Å²) in [6.45, 7) is 1.69. The number of nitrogens with one attached hydrogen (secondary N) is 2. The zero-order valence-electron chi connectivity index (χ0n) is 17.2. The molecule has 0 saturated carbocycles. The van der Waals surface area contributed by atoms with E-state index in [4.69, 9.17) is 16.3 Å². The molecule has 1 heterocycles. The lowest BCUT2D eigenvalue weighted by Crippen LogP contribution is -2.36. The summed E-state index contributed by atoms with van der Waals surface area (Å²) in [7, 11) is 2.94. The second-order valence-electron chi connectivity index (χ2n) is 6.79. The number of aromatic amines is 1. The van der Waals surface area contributed by atoms with Gasteiger partial charge in [-0.2, -0.15) is 0 Å². The fourth-order valence-corrected chi connectivity index (χ4v) is 3.32. The van der Waals surface area contributed by atoms with Gasteiger partial charge in [0.25, 0.3) is 11.5 Å². The van der Waals surface area contributed by atoms with E-state index >= 15 is 0 Å². The van der Waals surface area contributed by atoms with Gasteiger partial charge in [-0.3, -0.25) is 19.0 Å². The quantitative estimate of drug-likeness (QED) is 0.604. The number of aromatic nitrogens is 2. The first-order chi connectivity index (χ1) is 14.7. The average molecular weight is 445 g/mol. The first-order valence-corrected chi connectivity index (χ1v) is 9.78. The molecule has 3 aromatic rings. The molecule has 3 rings (SSSR count). The van der Waals surface area contributed by atoms with Gasteiger partial charge < -0.3 is 19.9 Å². The number of hydrogen-bond donors (Lipinski definition) is 2. The van der Waals surface area contributed by atoms with Gasteiger partial charge in [0.1, 0.15) is 5.75 Å². The van der Waals surface area contributed by atoms with Crippen LogP contribution in [0.25, 0.3) is 10.9 Å². The third kappa shape index (κ3) is 4.61. The smallest absolute Gasteiger partial charge is 0.328 e. The monoisotopic (exact) mass is 444 g/mol. The molecule has 162 valence electrons. The summed E-state index contributed by atoms with van der Waals surface area (Å²) in [5.74, 6) is -0.463. The van der Waals surface area contributed by atoms with Crippen LogP contribution in [-0.2, 0) is 11.3 Å². The Morgan fingerprint density at radius 2 is 1.94 bits per heavy atom. The Kier molecular flexibility index (Phi) is 6.45. The molecular formula is C21H21ClN4O5. The predicted molar refractivity (Wildman–Crippen MR) is 118 cm³/mol. The first-order valence-electron chi connectivity index (χ1n) is 9.41. The third-order valence-electron chi connectivity index (χ3n) is 4.71. The maximum absolute atomic E-state index is 12.8. The number of H-pyrrole nitrogens is 1. The van der Waals surface area contributed by atoms with Gasteiger partial charge >= 0.3 is 5.69 Å². The SMILES string of the molecule is CCn1c(=O)[nH]c2cc(C(=O)N(C)CC(=O)Nc3cc(Cl)ccc3OC)ccc2c1=O. The molecule has 0 atom stereocenters. The highest BCUT2D eigenvalue weighted by Gasteiger charge is 2.18. The predicted octanol–water partition coefficient (Wildman–Crippen LogP) is 2.08. The highest BCUT2D eigenvalue weighted by atomic mass is 35.5. The van der Waals surface area contributed by atoms with E-state index in [0.717, 1.165) is 4.57 Å². The van der Waals surface area contributed by atoms with Gasteiger partial charge in [-0.05, 0) is 43.3 Å². The topological polar surface area (TPSA) is 114 Å². The molecule has 2 amide bonds. The van der Waals surface area contributed by atoms with Crippen molar-refractivity contribution in [1.82, 2.24) is 14.5 Å². The summed E-state index contributed by atoms with van der Waals surface area (Å²) in [4.78, 5) is 53.4. The van der Waals surface area contributed by atoms with Crippen LogP contribution < -0.4 is 21.3 Å². The molecule has 10 heteroatoms. The summed E-state index contributed by atoms with van der Waals surface area (Å²) >= 11 is 5.96. The molecule has 9 nitrogen and oxygen atoms in total. The van der Waals surface area contributed by atoms with E-state index in [1.54, 1.807) is 25.1 Å². The van der Waals surface area contributed by atoms with E-state index in [1.165, 1.54) is 37.3 Å². The summed E-state index contributed by atoms with van der Waals surface area (Å²) < 4.78 is 6.26. The van der Waals surface area contributed by atoms with Gasteiger partial charge in [0.05, 0.1) is 30.2 Å². The van der Waals surface area contributed by atoms with E-state index in [2.05, 4.69) is 10.3 Å². The maximum atomic E-state index is 12.8. The molecular weight excluding hydrogens is 424 g/mol. The number of rotatable bonds is 6. The summed E-state index contributed by atoms with van der Waals surface area (Å²) in [5.41, 5.74) is -0.105. The Balaban J connectivity index is 1.79. The number of nitrogens with zero attached hydrogens (tertiary/aromatic N) is 2. The number of anilines is 1. The van der Waals surface area contributed by atoms with Gasteiger partial charge in [-0.25, -0.2) is 4.79 Å². The van der Waals surface area contributed by atoms with Crippen LogP contribution in [0.3, 0.4) is 0 Å². The van der Waals surface area contributed by atoms with E-state index in [-0.39, 0.29) is 24.2 Å². The molecule has 0 saturated heterocycles. The molecule has 2 aromatic carbocycles. The number of fused-ring (bicyclic) bond motifs is 1. The molecule has 0 radical (unpaired) electrons. The van der Waals surface area contributed by atoms with Gasteiger partial charge in [-0.1, -0.05) is 11.6 Å². The highest BCUT2D eigenvalue weighted by Crippen LogP contribution is 2.27. The zero-order chi connectivity index (χ0) is 22.7. The van der Waals surface area contributed by atoms with E-state index < -0.39 is 23.1 Å². The Bertz CT molecular complexity index is 1280. The Hall–Kier alpha value is -3.59. The number of halogens is 1. The molecule has 2 N–H and O–H groups in total. The Labute approximate surface area is 182 Å². The lowest BCUT2D eigenvalue weighted by atomic mass is 10.1. The molecule has 0 aliphatic rings. The van der Waals surface area contributed by atoms with Crippen molar-refractivity contribution >= 4 is 40.0 Å². The number of benzene rings is 2. The minimum Gasteiger partial charge on any atom is -0.495 e. The summed E-state index contributed by atoms with van der Waals surface area (Å²) in [6.07, 6.45) is 0. The van der Waals surface area contributed by atoms with E-state index in [9.17, 15) is 19.2 Å². The molecule has 31 heavy (non-hydrogen) atoms. The summed E-state index contributed by atoms with van der Waals surface area (Å²) in [6, 6.07) is 9.19. The fourth-order valence-electron chi connectivity index (χ4n) is 3.15. The van der Waals surface area contributed by atoms with Crippen molar-refractivity contribution in [2.45, 2.75) is 13.5 Å². The zero-order valence-corrected chi connectivity index (χ0v) is 17.9. The number of likely N-dealkylation sites (N-methyl/N-ethyl adjacent to an activating group) is 1. The van der Waals surface area contributed by atoms with Crippen LogP contribution >= 0.6 is 11.6 Å². The second-order valence-corrected chi connectivity index (χ2v) is 7.23. The minimum atomic E-state index is -0.548. The van der Waals surface area contributed by atoms with Crippen molar-refractivity contribution < 1.29 is 14.3 Å². The normalized spacial score (nSPS) is 10.7. The Morgan fingerprint density at radius 3 is 2.61 bits per heavy atom. The van der Waals surface area contributed by atoms with Crippen molar-refractivity contribution in [3.63, 3.8) is 0 Å². The van der Waals surface area contributed by atoms with Crippen LogP contribution in [0.1, 0.15) is 17.3 Å². The number of amides is 2. The highest BCUT2D eigenvalue weighted by molar-refractivity contribution is 6.31. The number of carbonyl (C=O) groups excluding carboxylic acids is 2. The third-order valence-corrected chi connectivity index (χ3v) is 4.94. The van der Waals surface area contributed by atoms with Crippen molar-refractivity contribution in [2.75, 3.05) is 26.0 Å². The van der Waals surface area contributed by atoms with Crippen LogP contribution in [0.4, 0.5) is 5.69 Å². The number of methoxy groups -OCH3 is 1. The molecule has 0 unspecified atom stereocenters. The van der Waals surface area contributed by atoms with Crippen LogP contribution in [0.5, 0.6) is 5.75 Å². The van der Waals surface area contributed by atoms with Crippen LogP contribution in [0.2, 0.25) is 5.02 Å². The van der Waals surface area contributed by atoms with Crippen molar-refractivity contribution in [3.05, 3.63) is 67.8 Å². The van der Waals surface area contributed by atoms with Crippen molar-refractivity contribution in [2.24, 2.45) is 0 Å². The summed E-state index contributed by atoms with van der Waals surface area (Å²) in [5, 5.41) is 3.38. The standard InChI is InChI=1S/C21H21ClN4O5/c1-4-26-20(29)14-7-5-12(9-15(14)24-21(26)30)19(28)25(2)11-18(27)23-16-10-13(22)6-8-17(16)31-3/h5-10H,4,11H2,1-3H3,(H,23,27)(H,24,30). The van der Waals surface area contributed by atoms with Gasteiger partial charge in [-0.15, -0.1) is 0 Å². The number of carbonyl (C=O) groups is 2. The molecule has 0 aliphatic carbocycles. The minimum absolute atomic E-state index is 0.229. The molecule has 1 aromatic heterocycles. The van der Waals surface area contributed by atoms with Crippen molar-refractivity contribution in [3.8, 4) is 5.75 Å². The molecule has 0 fully saturated rings. The van der Waals surface area contributed by atoms with Gasteiger partial charge in [0.15, 0.2) is 0 Å². The van der Waals surface area contributed by atoms with Crippen LogP contribution in [0.15, 0.2) is 46.0 Å². The molecule has 0 aliphatic heterocycles. The largest absolute Gasteiger partial charge is 0.495 e. The van der Waals surface area contributed by atoms with Crippen LogP contribution in [-0.4, -0.2) is 47.0 Å². The van der Waals surface area contributed by atoms with Gasteiger partial charge in [0, 0.05) is 24.2 Å².